The maximum absolute atomic E-state index is 10.4. The topological polar surface area (TPSA) is 44.5 Å². The van der Waals surface area contributed by atoms with Gasteiger partial charge >= 0.3 is 0 Å². The van der Waals surface area contributed by atoms with Gasteiger partial charge in [0.15, 0.2) is 0 Å². The number of likely N-dealkylation sites (N-methyl/N-ethyl adjacent to an activating group) is 2. The molecule has 2 atom stereocenters. The summed E-state index contributed by atoms with van der Waals surface area (Å²) in [6, 6.07) is 0.216. The number of aromatic nitrogens is 2. The van der Waals surface area contributed by atoms with Crippen molar-refractivity contribution in [3.05, 3.63) is 18.0 Å². The number of rotatable bonds is 4. The fourth-order valence-corrected chi connectivity index (χ4v) is 2.52. The van der Waals surface area contributed by atoms with Gasteiger partial charge in [0.25, 0.3) is 0 Å². The summed E-state index contributed by atoms with van der Waals surface area (Å²) in [6.07, 6.45) is 4.24. The van der Waals surface area contributed by atoms with Crippen LogP contribution >= 0.6 is 0 Å². The number of aliphatic hydroxyl groups excluding tert-OH is 1. The van der Waals surface area contributed by atoms with Crippen molar-refractivity contribution >= 4 is 0 Å². The van der Waals surface area contributed by atoms with E-state index in [1.54, 1.807) is 0 Å². The molecule has 0 aromatic carbocycles. The van der Waals surface area contributed by atoms with Crippen LogP contribution in [0.4, 0.5) is 0 Å². The maximum Gasteiger partial charge on any atom is 0.0749 e. The summed E-state index contributed by atoms with van der Waals surface area (Å²) in [7, 11) is 4.21. The fraction of sp³-hybridized carbons (Fsp3) is 0.769. The van der Waals surface area contributed by atoms with Gasteiger partial charge in [-0.2, -0.15) is 5.10 Å². The van der Waals surface area contributed by atoms with E-state index in [2.05, 4.69) is 35.9 Å². The minimum absolute atomic E-state index is 0.216. The van der Waals surface area contributed by atoms with Gasteiger partial charge in [-0.1, -0.05) is 0 Å². The first-order valence-electron chi connectivity index (χ1n) is 6.68. The molecule has 18 heavy (non-hydrogen) atoms. The first-order valence-corrected chi connectivity index (χ1v) is 6.68. The second-order valence-corrected chi connectivity index (χ2v) is 5.29. The molecule has 1 aromatic heterocycles. The Morgan fingerprint density at radius 1 is 1.44 bits per heavy atom. The Balaban J connectivity index is 1.95. The SMILES string of the molecule is CCn1cc(CC(O)C2CN(C)CCN2C)cn1. The molecule has 0 bridgehead atoms. The van der Waals surface area contributed by atoms with Crippen molar-refractivity contribution in [2.45, 2.75) is 32.0 Å². The van der Waals surface area contributed by atoms with Crippen LogP contribution < -0.4 is 0 Å². The molecule has 1 aromatic rings. The molecule has 0 saturated carbocycles. The molecule has 1 aliphatic heterocycles. The van der Waals surface area contributed by atoms with Crippen molar-refractivity contribution in [2.24, 2.45) is 0 Å². The molecular weight excluding hydrogens is 228 g/mol. The van der Waals surface area contributed by atoms with Gasteiger partial charge in [-0.05, 0) is 26.6 Å². The van der Waals surface area contributed by atoms with Gasteiger partial charge in [0.1, 0.15) is 0 Å². The predicted octanol–water partition coefficient (Wildman–Crippen LogP) is 0.0522. The summed E-state index contributed by atoms with van der Waals surface area (Å²) in [5.74, 6) is 0. The normalized spacial score (nSPS) is 24.3. The number of aliphatic hydroxyl groups is 1. The number of aryl methyl sites for hydroxylation is 1. The molecule has 0 radical (unpaired) electrons. The van der Waals surface area contributed by atoms with E-state index in [4.69, 9.17) is 0 Å². The minimum Gasteiger partial charge on any atom is -0.391 e. The van der Waals surface area contributed by atoms with Gasteiger partial charge in [0, 0.05) is 44.8 Å². The highest BCUT2D eigenvalue weighted by Gasteiger charge is 2.28. The van der Waals surface area contributed by atoms with Crippen LogP contribution in [0.5, 0.6) is 0 Å². The van der Waals surface area contributed by atoms with Gasteiger partial charge in [-0.25, -0.2) is 0 Å². The molecule has 1 N–H and O–H groups in total. The molecule has 1 fully saturated rings. The maximum atomic E-state index is 10.4. The van der Waals surface area contributed by atoms with Crippen LogP contribution in [0.2, 0.25) is 0 Å². The van der Waals surface area contributed by atoms with Crippen LogP contribution in [-0.2, 0) is 13.0 Å². The number of hydrogen-bond acceptors (Lipinski definition) is 4. The highest BCUT2D eigenvalue weighted by Crippen LogP contribution is 2.14. The largest absolute Gasteiger partial charge is 0.391 e. The molecule has 0 amide bonds. The first-order chi connectivity index (χ1) is 8.60. The summed E-state index contributed by atoms with van der Waals surface area (Å²) in [6.45, 7) is 5.97. The quantitative estimate of drug-likeness (QED) is 0.822. The zero-order valence-electron chi connectivity index (χ0n) is 11.6. The van der Waals surface area contributed by atoms with Crippen molar-refractivity contribution in [3.63, 3.8) is 0 Å². The van der Waals surface area contributed by atoms with Crippen molar-refractivity contribution < 1.29 is 5.11 Å². The Morgan fingerprint density at radius 3 is 2.89 bits per heavy atom. The summed E-state index contributed by atoms with van der Waals surface area (Å²) >= 11 is 0. The zero-order valence-corrected chi connectivity index (χ0v) is 11.6. The van der Waals surface area contributed by atoms with E-state index >= 15 is 0 Å². The van der Waals surface area contributed by atoms with Crippen LogP contribution in [0, 0.1) is 0 Å². The third-order valence-electron chi connectivity index (χ3n) is 3.80. The van der Waals surface area contributed by atoms with Gasteiger partial charge in [-0.3, -0.25) is 9.58 Å². The molecule has 1 aliphatic rings. The van der Waals surface area contributed by atoms with Crippen LogP contribution in [-0.4, -0.2) is 70.6 Å². The lowest BCUT2D eigenvalue weighted by molar-refractivity contribution is 0.0153. The van der Waals surface area contributed by atoms with Crippen LogP contribution in [0.25, 0.3) is 0 Å². The Bertz CT molecular complexity index is 379. The lowest BCUT2D eigenvalue weighted by atomic mass is 10.0. The van der Waals surface area contributed by atoms with Crippen LogP contribution in [0.1, 0.15) is 12.5 Å². The fourth-order valence-electron chi connectivity index (χ4n) is 2.52. The lowest BCUT2D eigenvalue weighted by Crippen LogP contribution is -2.55. The van der Waals surface area contributed by atoms with Crippen molar-refractivity contribution in [2.75, 3.05) is 33.7 Å². The van der Waals surface area contributed by atoms with Crippen molar-refractivity contribution in [1.29, 1.82) is 0 Å². The summed E-state index contributed by atoms with van der Waals surface area (Å²) < 4.78 is 1.90. The third-order valence-corrected chi connectivity index (χ3v) is 3.80. The van der Waals surface area contributed by atoms with Crippen LogP contribution in [0.3, 0.4) is 0 Å². The molecule has 2 heterocycles. The Hall–Kier alpha value is -0.910. The monoisotopic (exact) mass is 252 g/mol. The second-order valence-electron chi connectivity index (χ2n) is 5.29. The highest BCUT2D eigenvalue weighted by atomic mass is 16.3. The van der Waals surface area contributed by atoms with Gasteiger partial charge in [0.05, 0.1) is 12.3 Å². The van der Waals surface area contributed by atoms with E-state index in [1.807, 2.05) is 17.1 Å². The minimum atomic E-state index is -0.327. The Morgan fingerprint density at radius 2 is 2.22 bits per heavy atom. The van der Waals surface area contributed by atoms with E-state index in [1.165, 1.54) is 0 Å². The summed E-state index contributed by atoms with van der Waals surface area (Å²) in [5, 5.41) is 14.6. The molecule has 0 spiro atoms. The summed E-state index contributed by atoms with van der Waals surface area (Å²) in [4.78, 5) is 4.54. The molecule has 2 rings (SSSR count). The average molecular weight is 252 g/mol. The average Bonchev–Trinajstić information content (AvgIpc) is 2.80. The van der Waals surface area contributed by atoms with Gasteiger partial charge in [0.2, 0.25) is 0 Å². The van der Waals surface area contributed by atoms with Gasteiger partial charge < -0.3 is 10.0 Å². The molecular formula is C13H24N4O. The molecule has 5 heteroatoms. The third kappa shape index (κ3) is 3.10. The van der Waals surface area contributed by atoms with E-state index in [-0.39, 0.29) is 12.1 Å². The Labute approximate surface area is 109 Å². The standard InChI is InChI=1S/C13H24N4O/c1-4-17-9-11(8-14-17)7-13(18)12-10-15(2)5-6-16(12)3/h8-9,12-13,18H,4-7,10H2,1-3H3. The molecule has 1 saturated heterocycles. The Kier molecular flexibility index (Phi) is 4.37. The number of nitrogens with zero attached hydrogens (tertiary/aromatic N) is 4. The zero-order chi connectivity index (χ0) is 13.1. The van der Waals surface area contributed by atoms with Crippen molar-refractivity contribution in [1.82, 2.24) is 19.6 Å². The lowest BCUT2D eigenvalue weighted by Gasteiger charge is -2.40. The second kappa shape index (κ2) is 5.82. The van der Waals surface area contributed by atoms with E-state index in [0.717, 1.165) is 31.7 Å². The molecule has 102 valence electrons. The number of piperazine rings is 1. The van der Waals surface area contributed by atoms with Crippen LogP contribution in [0.15, 0.2) is 12.4 Å². The smallest absolute Gasteiger partial charge is 0.0749 e. The van der Waals surface area contributed by atoms with E-state index in [9.17, 15) is 5.11 Å². The van der Waals surface area contributed by atoms with E-state index < -0.39 is 0 Å². The molecule has 2 unspecified atom stereocenters. The highest BCUT2D eigenvalue weighted by molar-refractivity contribution is 5.07. The van der Waals surface area contributed by atoms with E-state index in [0.29, 0.717) is 6.42 Å². The number of hydrogen-bond donors (Lipinski definition) is 1. The molecule has 5 nitrogen and oxygen atoms in total. The summed E-state index contributed by atoms with van der Waals surface area (Å²) in [5.41, 5.74) is 1.12. The predicted molar refractivity (Wildman–Crippen MR) is 71.5 cm³/mol. The van der Waals surface area contributed by atoms with Gasteiger partial charge in [-0.15, -0.1) is 0 Å². The first kappa shape index (κ1) is 13.5. The molecule has 0 aliphatic carbocycles. The van der Waals surface area contributed by atoms with Crippen molar-refractivity contribution in [3.8, 4) is 0 Å².